The van der Waals surface area contributed by atoms with Crippen molar-refractivity contribution < 1.29 is 23.5 Å². The number of nitrogens with zero attached hydrogens (tertiary/aromatic N) is 3. The third kappa shape index (κ3) is 8.21. The Kier molecular flexibility index (Phi) is 9.60. The number of hydrogen-bond acceptors (Lipinski definition) is 8. The number of aryl methyl sites for hydroxylation is 2. The van der Waals surface area contributed by atoms with E-state index in [0.29, 0.717) is 16.4 Å². The smallest absolute Gasteiger partial charge is 0.262 e. The van der Waals surface area contributed by atoms with Gasteiger partial charge in [0, 0.05) is 17.1 Å². The van der Waals surface area contributed by atoms with E-state index in [9.17, 15) is 14.0 Å². The molecule has 0 unspecified atom stereocenters. The number of amides is 2. The molecule has 0 aliphatic carbocycles. The maximum Gasteiger partial charge on any atom is 0.262 e. The molecule has 3 rings (SSSR count). The minimum Gasteiger partial charge on any atom is -0.493 e. The highest BCUT2D eigenvalue weighted by atomic mass is 35.5. The zero-order valence-electron chi connectivity index (χ0n) is 19.7. The maximum atomic E-state index is 13.0. The van der Waals surface area contributed by atoms with Gasteiger partial charge >= 0.3 is 0 Å². The van der Waals surface area contributed by atoms with Crippen molar-refractivity contribution >= 4 is 47.1 Å². The first-order valence-corrected chi connectivity index (χ1v) is 11.9. The summed E-state index contributed by atoms with van der Waals surface area (Å²) in [6.07, 6.45) is 1.40. The first-order valence-electron chi connectivity index (χ1n) is 10.6. The van der Waals surface area contributed by atoms with E-state index in [4.69, 9.17) is 21.1 Å². The molecule has 2 aromatic carbocycles. The molecule has 3 aromatic rings. The molecule has 1 aromatic heterocycles. The number of halogens is 2. The first-order chi connectivity index (χ1) is 17.2. The van der Waals surface area contributed by atoms with Crippen LogP contribution >= 0.6 is 23.4 Å². The molecule has 0 saturated carbocycles. The van der Waals surface area contributed by atoms with Crippen LogP contribution < -0.4 is 20.2 Å². The highest BCUT2D eigenvalue weighted by Crippen LogP contribution is 2.36. The number of carbonyl (C=O) groups excluding carboxylic acids is 2. The number of benzene rings is 2. The molecule has 12 heteroatoms. The van der Waals surface area contributed by atoms with Crippen LogP contribution in [0.3, 0.4) is 0 Å². The standard InChI is InChI=1S/C24H23ClFN5O4S/c1-14-8-15(2)29-24(28-14)36-13-22(33)31-27-11-16-9-19(25)23(20(10-16)34-3)35-12-21(32)30-18-6-4-17(26)5-7-18/h4-11H,12-13H2,1-3H3,(H,30,32)(H,31,33)/b27-11-. The van der Waals surface area contributed by atoms with Gasteiger partial charge in [-0.2, -0.15) is 5.10 Å². The average molecular weight is 532 g/mol. The van der Waals surface area contributed by atoms with Gasteiger partial charge in [-0.25, -0.2) is 19.8 Å². The minimum absolute atomic E-state index is 0.0943. The van der Waals surface area contributed by atoms with E-state index in [-0.39, 0.29) is 34.8 Å². The molecule has 188 valence electrons. The van der Waals surface area contributed by atoms with Gasteiger partial charge < -0.3 is 14.8 Å². The number of anilines is 1. The van der Waals surface area contributed by atoms with Crippen LogP contribution in [-0.2, 0) is 9.59 Å². The van der Waals surface area contributed by atoms with Crippen LogP contribution in [0.4, 0.5) is 10.1 Å². The fraction of sp³-hybridized carbons (Fsp3) is 0.208. The van der Waals surface area contributed by atoms with Crippen molar-refractivity contribution in [2.75, 3.05) is 24.8 Å². The van der Waals surface area contributed by atoms with Crippen LogP contribution in [0.1, 0.15) is 17.0 Å². The molecule has 0 spiro atoms. The number of nitrogens with one attached hydrogen (secondary N) is 2. The van der Waals surface area contributed by atoms with Gasteiger partial charge in [-0.3, -0.25) is 9.59 Å². The van der Waals surface area contributed by atoms with Gasteiger partial charge in [-0.15, -0.1) is 0 Å². The van der Waals surface area contributed by atoms with Gasteiger partial charge in [0.1, 0.15) is 5.82 Å². The number of thioether (sulfide) groups is 1. The second kappa shape index (κ2) is 12.8. The predicted molar refractivity (Wildman–Crippen MR) is 136 cm³/mol. The SMILES string of the molecule is COc1cc(/C=N\NC(=O)CSc2nc(C)cc(C)n2)cc(Cl)c1OCC(=O)Nc1ccc(F)cc1. The van der Waals surface area contributed by atoms with Crippen LogP contribution in [0.15, 0.2) is 52.7 Å². The summed E-state index contributed by atoms with van der Waals surface area (Å²) in [6.45, 7) is 3.38. The lowest BCUT2D eigenvalue weighted by atomic mass is 10.2. The molecule has 0 bridgehead atoms. The molecule has 2 amide bonds. The lowest BCUT2D eigenvalue weighted by Gasteiger charge is -2.13. The Bertz CT molecular complexity index is 1250. The summed E-state index contributed by atoms with van der Waals surface area (Å²) in [5, 5.41) is 7.22. The Labute approximate surface area is 216 Å². The van der Waals surface area contributed by atoms with Crippen molar-refractivity contribution in [3.63, 3.8) is 0 Å². The summed E-state index contributed by atoms with van der Waals surface area (Å²) in [6, 6.07) is 10.3. The Hall–Kier alpha value is -3.70. The van der Waals surface area contributed by atoms with E-state index in [0.717, 1.165) is 11.4 Å². The van der Waals surface area contributed by atoms with Gasteiger partial charge in [0.2, 0.25) is 0 Å². The number of aromatic nitrogens is 2. The van der Waals surface area contributed by atoms with E-state index in [2.05, 4.69) is 25.8 Å². The van der Waals surface area contributed by atoms with Crippen molar-refractivity contribution in [1.29, 1.82) is 0 Å². The summed E-state index contributed by atoms with van der Waals surface area (Å²) in [7, 11) is 1.42. The number of ether oxygens (including phenoxy) is 2. The summed E-state index contributed by atoms with van der Waals surface area (Å²) < 4.78 is 23.8. The van der Waals surface area contributed by atoms with Gasteiger partial charge in [0.25, 0.3) is 11.8 Å². The van der Waals surface area contributed by atoms with E-state index >= 15 is 0 Å². The number of rotatable bonds is 10. The van der Waals surface area contributed by atoms with Gasteiger partial charge in [0.05, 0.1) is 24.1 Å². The summed E-state index contributed by atoms with van der Waals surface area (Å²) in [5.74, 6) is -0.667. The normalized spacial score (nSPS) is 10.8. The highest BCUT2D eigenvalue weighted by Gasteiger charge is 2.14. The Balaban J connectivity index is 1.54. The molecule has 2 N–H and O–H groups in total. The monoisotopic (exact) mass is 531 g/mol. The maximum absolute atomic E-state index is 13.0. The predicted octanol–water partition coefficient (Wildman–Crippen LogP) is 4.15. The van der Waals surface area contributed by atoms with Crippen molar-refractivity contribution in [1.82, 2.24) is 15.4 Å². The number of methoxy groups -OCH3 is 1. The molecule has 0 aliphatic rings. The topological polar surface area (TPSA) is 115 Å². The lowest BCUT2D eigenvalue weighted by molar-refractivity contribution is -0.119. The molecule has 0 aliphatic heterocycles. The van der Waals surface area contributed by atoms with E-state index in [1.54, 1.807) is 12.1 Å². The second-order valence-electron chi connectivity index (χ2n) is 7.39. The van der Waals surface area contributed by atoms with Gasteiger partial charge in [-0.05, 0) is 61.9 Å². The lowest BCUT2D eigenvalue weighted by Crippen LogP contribution is -2.20. The molecule has 0 atom stereocenters. The fourth-order valence-electron chi connectivity index (χ4n) is 2.92. The molecule has 0 fully saturated rings. The van der Waals surface area contributed by atoms with Crippen molar-refractivity contribution in [2.45, 2.75) is 19.0 Å². The number of carbonyl (C=O) groups is 2. The summed E-state index contributed by atoms with van der Waals surface area (Å²) in [5.41, 5.74) is 5.05. The molecule has 0 radical (unpaired) electrons. The van der Waals surface area contributed by atoms with Crippen LogP contribution in [0, 0.1) is 19.7 Å². The Morgan fingerprint density at radius 1 is 1.11 bits per heavy atom. The largest absolute Gasteiger partial charge is 0.493 e. The zero-order valence-corrected chi connectivity index (χ0v) is 21.2. The number of hydrogen-bond donors (Lipinski definition) is 2. The van der Waals surface area contributed by atoms with Crippen LogP contribution in [0.25, 0.3) is 0 Å². The number of hydrazone groups is 1. The third-order valence-corrected chi connectivity index (χ3v) is 5.55. The van der Waals surface area contributed by atoms with Crippen LogP contribution in [0.2, 0.25) is 5.02 Å². The molecule has 0 saturated heterocycles. The van der Waals surface area contributed by atoms with E-state index in [1.807, 2.05) is 19.9 Å². The zero-order chi connectivity index (χ0) is 26.1. The van der Waals surface area contributed by atoms with Crippen molar-refractivity contribution in [3.8, 4) is 11.5 Å². The molecule has 9 nitrogen and oxygen atoms in total. The van der Waals surface area contributed by atoms with Crippen molar-refractivity contribution in [2.24, 2.45) is 5.10 Å². The molecule has 36 heavy (non-hydrogen) atoms. The second-order valence-corrected chi connectivity index (χ2v) is 8.74. The quantitative estimate of drug-likeness (QED) is 0.175. The minimum atomic E-state index is -0.461. The van der Waals surface area contributed by atoms with Crippen LogP contribution in [-0.4, -0.2) is 47.5 Å². The Morgan fingerprint density at radius 2 is 1.81 bits per heavy atom. The molecular formula is C24H23ClFN5O4S. The Morgan fingerprint density at radius 3 is 2.47 bits per heavy atom. The van der Waals surface area contributed by atoms with Gasteiger partial charge in [-0.1, -0.05) is 23.4 Å². The van der Waals surface area contributed by atoms with Crippen LogP contribution in [0.5, 0.6) is 11.5 Å². The van der Waals surface area contributed by atoms with E-state index < -0.39 is 11.7 Å². The third-order valence-electron chi connectivity index (χ3n) is 4.42. The fourth-order valence-corrected chi connectivity index (χ4v) is 3.94. The highest BCUT2D eigenvalue weighted by molar-refractivity contribution is 7.99. The summed E-state index contributed by atoms with van der Waals surface area (Å²) in [4.78, 5) is 32.8. The first kappa shape index (κ1) is 26.9. The molecule has 1 heterocycles. The van der Waals surface area contributed by atoms with Crippen molar-refractivity contribution in [3.05, 3.63) is 70.3 Å². The van der Waals surface area contributed by atoms with Gasteiger partial charge in [0.15, 0.2) is 23.3 Å². The summed E-state index contributed by atoms with van der Waals surface area (Å²) >= 11 is 7.52. The van der Waals surface area contributed by atoms with E-state index in [1.165, 1.54) is 49.4 Å². The average Bonchev–Trinajstić information content (AvgIpc) is 2.82. The molecular weight excluding hydrogens is 509 g/mol.